The maximum atomic E-state index is 13.3. The van der Waals surface area contributed by atoms with Crippen LogP contribution < -0.4 is 14.9 Å². The number of carbonyl (C=O) groups excluding carboxylic acids is 1. The lowest BCUT2D eigenvalue weighted by atomic mass is 10.0. The second-order valence-corrected chi connectivity index (χ2v) is 7.23. The molecule has 11 heteroatoms. The normalized spacial score (nSPS) is 11.4. The summed E-state index contributed by atoms with van der Waals surface area (Å²) in [7, 11) is 0. The van der Waals surface area contributed by atoms with E-state index in [0.29, 0.717) is 22.2 Å². The monoisotopic (exact) mass is 501 g/mol. The Hall–Kier alpha value is -4.54. The summed E-state index contributed by atoms with van der Waals surface area (Å²) < 4.78 is 72.2. The fourth-order valence-electron chi connectivity index (χ4n) is 3.35. The lowest BCUT2D eigenvalue weighted by molar-refractivity contribution is -0.0543. The first kappa shape index (κ1) is 24.6. The summed E-state index contributed by atoms with van der Waals surface area (Å²) in [4.78, 5) is 17.5. The van der Waals surface area contributed by atoms with Crippen molar-refractivity contribution in [3.8, 4) is 22.8 Å². The van der Waals surface area contributed by atoms with Gasteiger partial charge in [0, 0.05) is 22.6 Å². The zero-order valence-electron chi connectivity index (χ0n) is 18.2. The number of fused-ring (bicyclic) bond motifs is 1. The first-order chi connectivity index (χ1) is 17.3. The molecule has 0 aliphatic rings. The van der Waals surface area contributed by atoms with Gasteiger partial charge in [-0.15, -0.1) is 0 Å². The molecule has 3 aromatic carbocycles. The van der Waals surface area contributed by atoms with E-state index in [4.69, 9.17) is 0 Å². The highest BCUT2D eigenvalue weighted by Gasteiger charge is 2.15. The van der Waals surface area contributed by atoms with Crippen LogP contribution in [0.5, 0.6) is 11.5 Å². The number of halogens is 5. The van der Waals surface area contributed by atoms with E-state index in [0.717, 1.165) is 18.3 Å². The Bertz CT molecular complexity index is 1410. The Labute approximate surface area is 201 Å². The summed E-state index contributed by atoms with van der Waals surface area (Å²) in [5, 5.41) is 4.31. The van der Waals surface area contributed by atoms with E-state index in [1.165, 1.54) is 36.4 Å². The van der Waals surface area contributed by atoms with Crippen LogP contribution >= 0.6 is 0 Å². The number of rotatable bonds is 8. The third-order valence-corrected chi connectivity index (χ3v) is 4.90. The van der Waals surface area contributed by atoms with E-state index < -0.39 is 36.4 Å². The summed E-state index contributed by atoms with van der Waals surface area (Å²) in [6.07, 6.45) is 1.02. The van der Waals surface area contributed by atoms with Crippen LogP contribution in [0.15, 0.2) is 77.9 Å². The molecule has 36 heavy (non-hydrogen) atoms. The van der Waals surface area contributed by atoms with Crippen molar-refractivity contribution in [2.75, 3.05) is 0 Å². The highest BCUT2D eigenvalue weighted by atomic mass is 19.3. The Balaban J connectivity index is 1.61. The molecule has 0 fully saturated rings. The second-order valence-electron chi connectivity index (χ2n) is 7.23. The second kappa shape index (κ2) is 10.8. The van der Waals surface area contributed by atoms with Crippen molar-refractivity contribution >= 4 is 23.0 Å². The number of pyridine rings is 1. The molecule has 0 radical (unpaired) electrons. The van der Waals surface area contributed by atoms with Gasteiger partial charge in [0.05, 0.1) is 23.0 Å². The zero-order chi connectivity index (χ0) is 25.7. The molecule has 0 spiro atoms. The van der Waals surface area contributed by atoms with Crippen molar-refractivity contribution in [2.24, 2.45) is 5.10 Å². The Kier molecular flexibility index (Phi) is 7.38. The summed E-state index contributed by atoms with van der Waals surface area (Å²) in [6, 6.07) is 17.1. The van der Waals surface area contributed by atoms with Crippen LogP contribution in [-0.4, -0.2) is 30.3 Å². The SMILES string of the molecule is O=C(N/N=C/c1ccc(OC(F)F)cc1OC(F)F)c1cc(-c2ccc(F)cc2)nc2ccccc12. The Morgan fingerprint density at radius 2 is 1.64 bits per heavy atom. The molecule has 4 rings (SSSR count). The first-order valence-electron chi connectivity index (χ1n) is 10.3. The summed E-state index contributed by atoms with van der Waals surface area (Å²) in [6.45, 7) is -6.39. The summed E-state index contributed by atoms with van der Waals surface area (Å²) in [5.74, 6) is -1.93. The third kappa shape index (κ3) is 5.93. The number of alkyl halides is 4. The van der Waals surface area contributed by atoms with E-state index in [-0.39, 0.29) is 11.1 Å². The van der Waals surface area contributed by atoms with Gasteiger partial charge in [0.25, 0.3) is 5.91 Å². The van der Waals surface area contributed by atoms with E-state index in [9.17, 15) is 26.7 Å². The highest BCUT2D eigenvalue weighted by molar-refractivity contribution is 6.07. The molecular weight excluding hydrogens is 485 g/mol. The molecule has 4 aromatic rings. The Morgan fingerprint density at radius 3 is 2.36 bits per heavy atom. The number of hydrazone groups is 1. The van der Waals surface area contributed by atoms with Crippen molar-refractivity contribution in [1.29, 1.82) is 0 Å². The van der Waals surface area contributed by atoms with Gasteiger partial charge in [-0.3, -0.25) is 4.79 Å². The van der Waals surface area contributed by atoms with Crippen LogP contribution in [0.2, 0.25) is 0 Å². The number of ether oxygens (including phenoxy) is 2. The van der Waals surface area contributed by atoms with Crippen molar-refractivity contribution < 1.29 is 36.2 Å². The van der Waals surface area contributed by atoms with Crippen LogP contribution in [0.25, 0.3) is 22.2 Å². The van der Waals surface area contributed by atoms with Gasteiger partial charge >= 0.3 is 13.2 Å². The van der Waals surface area contributed by atoms with Crippen molar-refractivity contribution in [1.82, 2.24) is 10.4 Å². The minimum atomic E-state index is -3.23. The molecule has 6 nitrogen and oxygen atoms in total. The van der Waals surface area contributed by atoms with Gasteiger partial charge in [0.15, 0.2) is 0 Å². The van der Waals surface area contributed by atoms with Crippen LogP contribution in [-0.2, 0) is 0 Å². The molecule has 1 amide bonds. The molecule has 184 valence electrons. The number of hydrogen-bond donors (Lipinski definition) is 1. The topological polar surface area (TPSA) is 72.8 Å². The molecular formula is C25H16F5N3O3. The molecule has 0 unspecified atom stereocenters. The summed E-state index contributed by atoms with van der Waals surface area (Å²) >= 11 is 0. The van der Waals surface area contributed by atoms with Gasteiger partial charge in [0.1, 0.15) is 17.3 Å². The third-order valence-electron chi connectivity index (χ3n) is 4.90. The number of nitrogens with one attached hydrogen (secondary N) is 1. The zero-order valence-corrected chi connectivity index (χ0v) is 18.2. The van der Waals surface area contributed by atoms with Crippen molar-refractivity contribution in [3.05, 3.63) is 89.7 Å². The molecule has 0 atom stereocenters. The van der Waals surface area contributed by atoms with Gasteiger partial charge in [-0.2, -0.15) is 22.7 Å². The minimum Gasteiger partial charge on any atom is -0.435 e. The van der Waals surface area contributed by atoms with E-state index in [1.807, 2.05) is 0 Å². The predicted molar refractivity (Wildman–Crippen MR) is 122 cm³/mol. The quantitative estimate of drug-likeness (QED) is 0.182. The molecule has 1 aromatic heterocycles. The van der Waals surface area contributed by atoms with Gasteiger partial charge in [-0.1, -0.05) is 18.2 Å². The predicted octanol–water partition coefficient (Wildman–Crippen LogP) is 6.01. The first-order valence-corrected chi connectivity index (χ1v) is 10.3. The maximum Gasteiger partial charge on any atom is 0.387 e. The molecule has 0 saturated heterocycles. The van der Waals surface area contributed by atoms with E-state index in [1.54, 1.807) is 24.3 Å². The number of aromatic nitrogens is 1. The molecule has 0 bridgehead atoms. The summed E-state index contributed by atoms with van der Waals surface area (Å²) in [5.41, 5.74) is 4.00. The lowest BCUT2D eigenvalue weighted by Crippen LogP contribution is -2.18. The Morgan fingerprint density at radius 1 is 0.917 bits per heavy atom. The molecule has 1 N–H and O–H groups in total. The van der Waals surface area contributed by atoms with Crippen molar-refractivity contribution in [3.63, 3.8) is 0 Å². The average molecular weight is 501 g/mol. The maximum absolute atomic E-state index is 13.3. The smallest absolute Gasteiger partial charge is 0.387 e. The minimum absolute atomic E-state index is 0.0243. The van der Waals surface area contributed by atoms with Gasteiger partial charge in [-0.05, 0) is 48.5 Å². The highest BCUT2D eigenvalue weighted by Crippen LogP contribution is 2.27. The number of hydrogen-bond acceptors (Lipinski definition) is 5. The van der Waals surface area contributed by atoms with Crippen LogP contribution in [0, 0.1) is 5.82 Å². The molecule has 0 aliphatic heterocycles. The molecule has 1 heterocycles. The number of carbonyl (C=O) groups is 1. The largest absolute Gasteiger partial charge is 0.435 e. The van der Waals surface area contributed by atoms with Gasteiger partial charge < -0.3 is 9.47 Å². The van der Waals surface area contributed by atoms with Gasteiger partial charge in [-0.25, -0.2) is 14.8 Å². The standard InChI is InChI=1S/C25H16F5N3O3/c26-16-8-5-14(6-9-16)21-12-19(18-3-1-2-4-20(18)32-21)23(34)33-31-13-15-7-10-17(35-24(27)28)11-22(15)36-25(29)30/h1-13,24-25H,(H,33,34)/b31-13+. The fourth-order valence-corrected chi connectivity index (χ4v) is 3.35. The number of para-hydroxylation sites is 1. The van der Waals surface area contributed by atoms with E-state index >= 15 is 0 Å². The number of nitrogens with zero attached hydrogens (tertiary/aromatic N) is 2. The van der Waals surface area contributed by atoms with E-state index in [2.05, 4.69) is 25.0 Å². The van der Waals surface area contributed by atoms with Crippen molar-refractivity contribution in [2.45, 2.75) is 13.2 Å². The van der Waals surface area contributed by atoms with Crippen LogP contribution in [0.3, 0.4) is 0 Å². The molecule has 0 aliphatic carbocycles. The van der Waals surface area contributed by atoms with Gasteiger partial charge in [0.2, 0.25) is 0 Å². The molecule has 0 saturated carbocycles. The number of benzene rings is 3. The number of amides is 1. The van der Waals surface area contributed by atoms with Crippen LogP contribution in [0.1, 0.15) is 15.9 Å². The lowest BCUT2D eigenvalue weighted by Gasteiger charge is -2.11. The average Bonchev–Trinajstić information content (AvgIpc) is 2.84. The fraction of sp³-hybridized carbons (Fsp3) is 0.0800. The van der Waals surface area contributed by atoms with Crippen LogP contribution in [0.4, 0.5) is 22.0 Å².